The van der Waals surface area contributed by atoms with Gasteiger partial charge < -0.3 is 4.18 Å². The molecular formula is C24H22N4O2S. The third-order valence-electron chi connectivity index (χ3n) is 4.88. The molecule has 3 aromatic heterocycles. The molecule has 2 unspecified atom stereocenters. The summed E-state index contributed by atoms with van der Waals surface area (Å²) in [6.45, 7) is 0. The van der Waals surface area contributed by atoms with Gasteiger partial charge in [-0.3, -0.25) is 9.97 Å². The van der Waals surface area contributed by atoms with Crippen LogP contribution in [0.4, 0.5) is 0 Å². The lowest BCUT2D eigenvalue weighted by molar-refractivity contribution is 0.252. The second kappa shape index (κ2) is 10.7. The van der Waals surface area contributed by atoms with Crippen LogP contribution >= 0.6 is 12.3 Å². The molecule has 4 aromatic rings. The molecule has 0 saturated heterocycles. The van der Waals surface area contributed by atoms with Crippen LogP contribution in [0.3, 0.4) is 0 Å². The normalized spacial score (nSPS) is 12.8. The topological polar surface area (TPSA) is 69.2 Å². The highest BCUT2D eigenvalue weighted by Gasteiger charge is 2.30. The fourth-order valence-electron chi connectivity index (χ4n) is 3.63. The molecule has 0 bridgehead atoms. The number of hydrogen-bond donors (Lipinski definition) is 1. The average molecular weight is 431 g/mol. The first-order valence-corrected chi connectivity index (χ1v) is 10.5. The largest absolute Gasteiger partial charge is 0.379 e. The molecule has 3 heterocycles. The van der Waals surface area contributed by atoms with E-state index in [1.54, 1.807) is 25.5 Å². The summed E-state index contributed by atoms with van der Waals surface area (Å²) >= 11 is 0.828. The Balaban J connectivity index is 1.83. The molecule has 1 aromatic carbocycles. The smallest absolute Gasteiger partial charge is 0.246 e. The number of benzene rings is 1. The second-order valence-electron chi connectivity index (χ2n) is 6.78. The zero-order valence-electron chi connectivity index (χ0n) is 17.0. The molecule has 0 spiro atoms. The molecule has 4 rings (SSSR count). The Morgan fingerprint density at radius 2 is 1.42 bits per heavy atom. The molecule has 31 heavy (non-hydrogen) atoms. The standard InChI is InChI=1S/C24H22N4O2S/c1-25-30-31-29-22-13-5-12-21(28-22)24(20-11-7-15-27-17-20)23(18-8-3-2-4-9-18)19-10-6-14-26-16-19/h2-17,23-25H,1H3. The molecule has 0 saturated carbocycles. The highest BCUT2D eigenvalue weighted by Crippen LogP contribution is 2.42. The minimum Gasteiger partial charge on any atom is -0.379 e. The minimum atomic E-state index is -0.0981. The van der Waals surface area contributed by atoms with Gasteiger partial charge in [0, 0.05) is 49.7 Å². The summed E-state index contributed by atoms with van der Waals surface area (Å²) in [5.74, 6) is 0.353. The molecule has 0 aliphatic rings. The Labute approximate surface area is 186 Å². The van der Waals surface area contributed by atoms with Gasteiger partial charge in [0.1, 0.15) is 0 Å². The fourth-order valence-corrected chi connectivity index (χ4v) is 3.89. The maximum absolute atomic E-state index is 5.56. The van der Waals surface area contributed by atoms with Gasteiger partial charge in [0.05, 0.1) is 5.69 Å². The molecule has 156 valence electrons. The monoisotopic (exact) mass is 430 g/mol. The van der Waals surface area contributed by atoms with Crippen LogP contribution in [-0.4, -0.2) is 22.0 Å². The van der Waals surface area contributed by atoms with Crippen LogP contribution in [0.2, 0.25) is 0 Å². The summed E-state index contributed by atoms with van der Waals surface area (Å²) < 4.78 is 10.6. The molecule has 0 aliphatic carbocycles. The summed E-state index contributed by atoms with van der Waals surface area (Å²) in [6, 6.07) is 24.3. The van der Waals surface area contributed by atoms with E-state index in [4.69, 9.17) is 13.5 Å². The van der Waals surface area contributed by atoms with Gasteiger partial charge in [-0.1, -0.05) is 48.5 Å². The highest BCUT2D eigenvalue weighted by molar-refractivity contribution is 7.90. The van der Waals surface area contributed by atoms with Crippen molar-refractivity contribution in [1.29, 1.82) is 0 Å². The van der Waals surface area contributed by atoms with Gasteiger partial charge in [-0.05, 0) is 34.9 Å². The lowest BCUT2D eigenvalue weighted by Crippen LogP contribution is -2.16. The minimum absolute atomic E-state index is 0.0111. The average Bonchev–Trinajstić information content (AvgIpc) is 2.84. The van der Waals surface area contributed by atoms with E-state index >= 15 is 0 Å². The molecule has 0 aliphatic heterocycles. The second-order valence-corrected chi connectivity index (χ2v) is 7.25. The summed E-state index contributed by atoms with van der Waals surface area (Å²) in [5, 5.41) is 0. The van der Waals surface area contributed by atoms with Crippen molar-refractivity contribution in [2.45, 2.75) is 11.8 Å². The fraction of sp³-hybridized carbons (Fsp3) is 0.125. The Kier molecular flexibility index (Phi) is 7.23. The number of nitrogens with zero attached hydrogens (tertiary/aromatic N) is 3. The molecule has 1 N–H and O–H groups in total. The first-order valence-electron chi connectivity index (χ1n) is 9.85. The van der Waals surface area contributed by atoms with Gasteiger partial charge in [-0.15, -0.1) is 0 Å². The highest BCUT2D eigenvalue weighted by atomic mass is 32.2. The number of hydroxylamine groups is 1. The number of hydrogen-bond acceptors (Lipinski definition) is 7. The van der Waals surface area contributed by atoms with Crippen molar-refractivity contribution in [1.82, 2.24) is 20.4 Å². The zero-order valence-corrected chi connectivity index (χ0v) is 17.8. The van der Waals surface area contributed by atoms with Gasteiger partial charge in [-0.2, -0.15) is 9.76 Å². The predicted octanol–water partition coefficient (Wildman–Crippen LogP) is 4.93. The summed E-state index contributed by atoms with van der Waals surface area (Å²) in [7, 11) is 1.66. The maximum atomic E-state index is 5.56. The SMILES string of the molecule is CNOSOc1cccc(C(c2cccnc2)C(c2ccccc2)c2cccnc2)n1. The quantitative estimate of drug-likeness (QED) is 0.229. The lowest BCUT2D eigenvalue weighted by Gasteiger charge is -2.28. The van der Waals surface area contributed by atoms with Crippen LogP contribution in [0, 0.1) is 0 Å². The Bertz CT molecular complexity index is 1030. The van der Waals surface area contributed by atoms with Crippen molar-refractivity contribution >= 4 is 12.3 Å². The van der Waals surface area contributed by atoms with Crippen LogP contribution in [-0.2, 0) is 4.28 Å². The summed E-state index contributed by atoms with van der Waals surface area (Å²) in [4.78, 5) is 13.6. The van der Waals surface area contributed by atoms with Gasteiger partial charge in [0.25, 0.3) is 0 Å². The van der Waals surface area contributed by atoms with Crippen molar-refractivity contribution in [3.8, 4) is 5.88 Å². The van der Waals surface area contributed by atoms with Gasteiger partial charge in [0.2, 0.25) is 18.2 Å². The zero-order chi connectivity index (χ0) is 21.3. The Morgan fingerprint density at radius 3 is 2.06 bits per heavy atom. The van der Waals surface area contributed by atoms with E-state index in [1.165, 1.54) is 5.56 Å². The van der Waals surface area contributed by atoms with Crippen molar-refractivity contribution in [2.24, 2.45) is 0 Å². The molecule has 0 amide bonds. The molecule has 2 atom stereocenters. The first-order chi connectivity index (χ1) is 15.4. The summed E-state index contributed by atoms with van der Waals surface area (Å²) in [6.07, 6.45) is 7.38. The van der Waals surface area contributed by atoms with Crippen molar-refractivity contribution in [3.63, 3.8) is 0 Å². The van der Waals surface area contributed by atoms with Crippen LogP contribution in [0.25, 0.3) is 0 Å². The third kappa shape index (κ3) is 5.27. The number of nitrogens with one attached hydrogen (secondary N) is 1. The third-order valence-corrected chi connectivity index (χ3v) is 5.35. The molecule has 0 radical (unpaired) electrons. The number of rotatable bonds is 9. The Hall–Kier alpha value is -3.26. The van der Waals surface area contributed by atoms with E-state index in [9.17, 15) is 0 Å². The molecular weight excluding hydrogens is 408 g/mol. The van der Waals surface area contributed by atoms with Gasteiger partial charge in [-0.25, -0.2) is 4.98 Å². The van der Waals surface area contributed by atoms with E-state index < -0.39 is 0 Å². The van der Waals surface area contributed by atoms with Crippen LogP contribution in [0.15, 0.2) is 97.6 Å². The van der Waals surface area contributed by atoms with Gasteiger partial charge >= 0.3 is 0 Å². The lowest BCUT2D eigenvalue weighted by atomic mass is 9.76. The maximum Gasteiger partial charge on any atom is 0.246 e. The van der Waals surface area contributed by atoms with E-state index in [2.05, 4.69) is 51.8 Å². The number of pyridine rings is 3. The molecule has 6 nitrogen and oxygen atoms in total. The van der Waals surface area contributed by atoms with Crippen molar-refractivity contribution < 1.29 is 8.47 Å². The van der Waals surface area contributed by atoms with Crippen molar-refractivity contribution in [2.75, 3.05) is 7.05 Å². The van der Waals surface area contributed by atoms with Crippen LogP contribution < -0.4 is 9.66 Å². The summed E-state index contributed by atoms with van der Waals surface area (Å²) in [5.41, 5.74) is 6.76. The van der Waals surface area contributed by atoms with E-state index in [0.29, 0.717) is 5.88 Å². The van der Waals surface area contributed by atoms with Crippen molar-refractivity contribution in [3.05, 3.63) is 120 Å². The Morgan fingerprint density at radius 1 is 0.742 bits per heavy atom. The predicted molar refractivity (Wildman–Crippen MR) is 121 cm³/mol. The van der Waals surface area contributed by atoms with E-state index in [0.717, 1.165) is 29.1 Å². The van der Waals surface area contributed by atoms with Crippen LogP contribution in [0.5, 0.6) is 5.88 Å². The van der Waals surface area contributed by atoms with E-state index in [-0.39, 0.29) is 11.8 Å². The first kappa shape index (κ1) is 21.0. The van der Waals surface area contributed by atoms with Gasteiger partial charge in [0.15, 0.2) is 0 Å². The van der Waals surface area contributed by atoms with E-state index in [1.807, 2.05) is 42.7 Å². The number of aromatic nitrogens is 3. The molecule has 0 fully saturated rings. The molecule has 7 heteroatoms. The van der Waals surface area contributed by atoms with Crippen LogP contribution in [0.1, 0.15) is 34.2 Å².